The number of para-hydroxylation sites is 1. The third kappa shape index (κ3) is 4.49. The predicted octanol–water partition coefficient (Wildman–Crippen LogP) is 3.72. The zero-order chi connectivity index (χ0) is 25.5. The van der Waals surface area contributed by atoms with E-state index in [1.165, 1.54) is 11.7 Å². The van der Waals surface area contributed by atoms with Crippen molar-refractivity contribution in [3.8, 4) is 5.69 Å². The molecule has 0 fully saturated rings. The Morgan fingerprint density at radius 1 is 1.14 bits per heavy atom. The maximum atomic E-state index is 14.1. The molecule has 0 aliphatic heterocycles. The number of benzene rings is 2. The van der Waals surface area contributed by atoms with E-state index in [4.69, 9.17) is 0 Å². The molecule has 10 heteroatoms. The van der Waals surface area contributed by atoms with E-state index >= 15 is 0 Å². The smallest absolute Gasteiger partial charge is 0.320 e. The maximum absolute atomic E-state index is 14.1. The first-order valence-corrected chi connectivity index (χ1v) is 11.2. The Kier molecular flexibility index (Phi) is 6.33. The van der Waals surface area contributed by atoms with Gasteiger partial charge in [-0.2, -0.15) is 5.10 Å². The summed E-state index contributed by atoms with van der Waals surface area (Å²) in [5.41, 5.74) is 1.38. The zero-order valence-corrected chi connectivity index (χ0v) is 19.8. The molecule has 0 radical (unpaired) electrons. The van der Waals surface area contributed by atoms with Gasteiger partial charge in [-0.25, -0.2) is 18.3 Å². The second kappa shape index (κ2) is 9.10. The van der Waals surface area contributed by atoms with E-state index in [-0.39, 0.29) is 17.9 Å². The van der Waals surface area contributed by atoms with Gasteiger partial charge < -0.3 is 15.7 Å². The molecule has 184 valence electrons. The van der Waals surface area contributed by atoms with Crippen LogP contribution in [0.15, 0.2) is 42.5 Å². The van der Waals surface area contributed by atoms with Crippen LogP contribution in [-0.4, -0.2) is 40.0 Å². The molecule has 0 saturated heterocycles. The van der Waals surface area contributed by atoms with Crippen LogP contribution in [0.2, 0.25) is 0 Å². The molecule has 3 amide bonds. The van der Waals surface area contributed by atoms with Crippen molar-refractivity contribution in [2.24, 2.45) is 0 Å². The Labute approximate surface area is 201 Å². The van der Waals surface area contributed by atoms with Gasteiger partial charge in [0.05, 0.1) is 17.8 Å². The van der Waals surface area contributed by atoms with E-state index in [1.54, 1.807) is 31.2 Å². The molecule has 0 bridgehead atoms. The lowest BCUT2D eigenvalue weighted by molar-refractivity contribution is 0.0878. The largest absolute Gasteiger partial charge is 0.391 e. The average molecular weight is 484 g/mol. The highest BCUT2D eigenvalue weighted by molar-refractivity contribution is 5.97. The lowest BCUT2D eigenvalue weighted by Crippen LogP contribution is -2.45. The minimum absolute atomic E-state index is 0.133. The van der Waals surface area contributed by atoms with Crippen molar-refractivity contribution in [1.82, 2.24) is 20.4 Å². The Bertz CT molecular complexity index is 1290. The van der Waals surface area contributed by atoms with Crippen LogP contribution in [-0.2, 0) is 5.41 Å². The van der Waals surface area contributed by atoms with Gasteiger partial charge in [0.15, 0.2) is 17.3 Å². The summed E-state index contributed by atoms with van der Waals surface area (Å²) in [5.74, 6) is -2.21. The highest BCUT2D eigenvalue weighted by Crippen LogP contribution is 2.42. The van der Waals surface area contributed by atoms with Crippen molar-refractivity contribution in [3.63, 3.8) is 0 Å². The van der Waals surface area contributed by atoms with Gasteiger partial charge in [0.25, 0.3) is 5.91 Å². The Morgan fingerprint density at radius 2 is 1.80 bits per heavy atom. The Hall–Kier alpha value is -3.79. The van der Waals surface area contributed by atoms with Gasteiger partial charge in [-0.1, -0.05) is 32.0 Å². The van der Waals surface area contributed by atoms with E-state index in [0.29, 0.717) is 22.4 Å². The van der Waals surface area contributed by atoms with Gasteiger partial charge in [-0.3, -0.25) is 10.1 Å². The molecule has 4 N–H and O–H groups in total. The minimum atomic E-state index is -1.06. The molecule has 2 atom stereocenters. The number of amides is 3. The van der Waals surface area contributed by atoms with Crippen LogP contribution in [0.3, 0.4) is 0 Å². The molecule has 8 nitrogen and oxygen atoms in total. The van der Waals surface area contributed by atoms with E-state index in [1.807, 2.05) is 19.9 Å². The summed E-state index contributed by atoms with van der Waals surface area (Å²) in [6.45, 7) is 5.30. The van der Waals surface area contributed by atoms with Crippen LogP contribution >= 0.6 is 0 Å². The van der Waals surface area contributed by atoms with Crippen LogP contribution in [0.1, 0.15) is 53.5 Å². The number of fused-ring (bicyclic) bond motifs is 1. The highest BCUT2D eigenvalue weighted by atomic mass is 19.2. The molecular weight excluding hydrogens is 456 g/mol. The average Bonchev–Trinajstić information content (AvgIpc) is 3.13. The monoisotopic (exact) mass is 483 g/mol. The highest BCUT2D eigenvalue weighted by Gasteiger charge is 2.40. The molecule has 35 heavy (non-hydrogen) atoms. The predicted molar refractivity (Wildman–Crippen MR) is 127 cm³/mol. The molecule has 0 saturated carbocycles. The van der Waals surface area contributed by atoms with Crippen molar-refractivity contribution in [1.29, 1.82) is 0 Å². The molecule has 1 heterocycles. The zero-order valence-electron chi connectivity index (χ0n) is 19.8. The molecule has 1 unspecified atom stereocenters. The molecule has 0 spiro atoms. The SMILES string of the molecule is CNC(=O)c1nn(-c2ccccc2)c(NC(=O)NC2c3cc(F)c(F)cc3C(C)(C)C[C@H]2O)c1C. The number of aromatic nitrogens is 2. The minimum Gasteiger partial charge on any atom is -0.391 e. The topological polar surface area (TPSA) is 108 Å². The fourth-order valence-corrected chi connectivity index (χ4v) is 4.56. The van der Waals surface area contributed by atoms with Crippen molar-refractivity contribution in [2.45, 2.75) is 44.8 Å². The summed E-state index contributed by atoms with van der Waals surface area (Å²) in [5, 5.41) is 23.1. The van der Waals surface area contributed by atoms with Gasteiger partial charge in [0.2, 0.25) is 0 Å². The fourth-order valence-electron chi connectivity index (χ4n) is 4.56. The standard InChI is InChI=1S/C25H27F2N5O3/c1-13-20(23(34)28-4)31-32(14-8-6-5-7-9-14)22(13)30-24(35)29-21-15-10-17(26)18(27)11-16(15)25(2,3)12-19(21)33/h5-11,19,21,33H,12H2,1-4H3,(H,28,34)(H2,29,30,35)/t19-,21?/m1/s1. The Morgan fingerprint density at radius 3 is 2.46 bits per heavy atom. The third-order valence-electron chi connectivity index (χ3n) is 6.34. The number of anilines is 1. The number of nitrogens with zero attached hydrogens (tertiary/aromatic N) is 2. The number of aliphatic hydroxyl groups excluding tert-OH is 1. The molecule has 3 aromatic rings. The lowest BCUT2D eigenvalue weighted by Gasteiger charge is -2.40. The number of hydrogen-bond acceptors (Lipinski definition) is 4. The summed E-state index contributed by atoms with van der Waals surface area (Å²) in [6.07, 6.45) is -0.799. The number of carbonyl (C=O) groups is 2. The summed E-state index contributed by atoms with van der Waals surface area (Å²) in [7, 11) is 1.48. The van der Waals surface area contributed by atoms with Crippen LogP contribution in [0.4, 0.5) is 19.4 Å². The summed E-state index contributed by atoms with van der Waals surface area (Å²) >= 11 is 0. The third-order valence-corrected chi connectivity index (χ3v) is 6.34. The second-order valence-corrected chi connectivity index (χ2v) is 9.23. The lowest BCUT2D eigenvalue weighted by atomic mass is 9.69. The van der Waals surface area contributed by atoms with Gasteiger partial charge in [-0.05, 0) is 54.2 Å². The van der Waals surface area contributed by atoms with Gasteiger partial charge in [0.1, 0.15) is 5.82 Å². The summed E-state index contributed by atoms with van der Waals surface area (Å²) < 4.78 is 29.5. The number of rotatable bonds is 4. The first-order chi connectivity index (χ1) is 16.5. The molecule has 1 aromatic heterocycles. The first-order valence-electron chi connectivity index (χ1n) is 11.2. The van der Waals surface area contributed by atoms with E-state index in [9.17, 15) is 23.5 Å². The van der Waals surface area contributed by atoms with Gasteiger partial charge >= 0.3 is 6.03 Å². The Balaban J connectivity index is 1.68. The first kappa shape index (κ1) is 24.3. The van der Waals surface area contributed by atoms with Crippen molar-refractivity contribution in [3.05, 3.63) is 76.5 Å². The number of hydrogen-bond donors (Lipinski definition) is 4. The number of aliphatic hydroxyl groups is 1. The van der Waals surface area contributed by atoms with Crippen LogP contribution in [0.5, 0.6) is 0 Å². The van der Waals surface area contributed by atoms with Crippen LogP contribution < -0.4 is 16.0 Å². The summed E-state index contributed by atoms with van der Waals surface area (Å²) in [6, 6.07) is 9.41. The number of halogens is 2. The molecule has 1 aliphatic rings. The normalized spacial score (nSPS) is 18.5. The van der Waals surface area contributed by atoms with E-state index in [0.717, 1.165) is 12.1 Å². The van der Waals surface area contributed by atoms with E-state index in [2.05, 4.69) is 21.0 Å². The van der Waals surface area contributed by atoms with Gasteiger partial charge in [0, 0.05) is 12.6 Å². The van der Waals surface area contributed by atoms with Gasteiger partial charge in [-0.15, -0.1) is 0 Å². The van der Waals surface area contributed by atoms with E-state index < -0.39 is 41.1 Å². The van der Waals surface area contributed by atoms with Crippen molar-refractivity contribution >= 4 is 17.8 Å². The second-order valence-electron chi connectivity index (χ2n) is 9.23. The fraction of sp³-hybridized carbons (Fsp3) is 0.320. The van der Waals surface area contributed by atoms with Crippen LogP contribution in [0.25, 0.3) is 5.69 Å². The van der Waals surface area contributed by atoms with Crippen molar-refractivity contribution < 1.29 is 23.5 Å². The number of urea groups is 1. The number of carbonyl (C=O) groups excluding carboxylic acids is 2. The van der Waals surface area contributed by atoms with Crippen molar-refractivity contribution in [2.75, 3.05) is 12.4 Å². The van der Waals surface area contributed by atoms with Crippen LogP contribution in [0, 0.1) is 18.6 Å². The molecule has 4 rings (SSSR count). The molecule has 2 aromatic carbocycles. The molecule has 1 aliphatic carbocycles. The maximum Gasteiger partial charge on any atom is 0.320 e. The quantitative estimate of drug-likeness (QED) is 0.454. The number of nitrogens with one attached hydrogen (secondary N) is 3. The molecular formula is C25H27F2N5O3. The summed E-state index contributed by atoms with van der Waals surface area (Å²) in [4.78, 5) is 25.4.